The Balaban J connectivity index is 2.01. The molecule has 13 nitrogen and oxygen atoms in total. The number of aliphatic hydroxyl groups is 3. The third kappa shape index (κ3) is 4.03. The molecule has 2 unspecified atom stereocenters. The third-order valence-corrected chi connectivity index (χ3v) is 8.26. The van der Waals surface area contributed by atoms with Crippen LogP contribution in [0.15, 0.2) is 23.0 Å². The number of nitrogens with two attached hydrogens (primary N) is 2. The van der Waals surface area contributed by atoms with Crippen LogP contribution in [-0.2, 0) is 25.6 Å². The van der Waals surface area contributed by atoms with Gasteiger partial charge in [-0.25, -0.2) is 0 Å². The van der Waals surface area contributed by atoms with E-state index in [-0.39, 0.29) is 36.2 Å². The van der Waals surface area contributed by atoms with Gasteiger partial charge in [-0.3, -0.25) is 24.1 Å². The van der Waals surface area contributed by atoms with E-state index in [1.54, 1.807) is 20.2 Å². The first-order valence-corrected chi connectivity index (χ1v) is 13.0. The summed E-state index contributed by atoms with van der Waals surface area (Å²) in [6.45, 7) is 4.56. The number of likely N-dealkylation sites (N-methyl/N-ethyl adjacent to an activating group) is 1. The topological polar surface area (TPSA) is 220 Å². The number of anilines is 2. The molecule has 216 valence electrons. The van der Waals surface area contributed by atoms with Crippen LogP contribution in [0.5, 0.6) is 5.75 Å². The Bertz CT molecular complexity index is 1380. The summed E-state index contributed by atoms with van der Waals surface area (Å²) in [6.07, 6.45) is 0.120. The highest BCUT2D eigenvalue weighted by molar-refractivity contribution is 6.24. The Morgan fingerprint density at radius 1 is 1.15 bits per heavy atom. The van der Waals surface area contributed by atoms with Gasteiger partial charge in [0.05, 0.1) is 23.8 Å². The van der Waals surface area contributed by atoms with Crippen LogP contribution in [0, 0.1) is 11.8 Å². The van der Waals surface area contributed by atoms with E-state index in [1.807, 2.05) is 18.7 Å². The lowest BCUT2D eigenvalue weighted by Gasteiger charge is -2.50. The van der Waals surface area contributed by atoms with E-state index in [9.17, 15) is 39.6 Å². The van der Waals surface area contributed by atoms with Gasteiger partial charge < -0.3 is 42.1 Å². The number of amides is 2. The zero-order valence-corrected chi connectivity index (χ0v) is 22.8. The normalized spacial score (nSPS) is 25.9. The molecule has 0 spiro atoms. The minimum absolute atomic E-state index is 0.0180. The Kier molecular flexibility index (Phi) is 7.43. The molecule has 3 aliphatic rings. The Labute approximate surface area is 230 Å². The number of carbonyl (C=O) groups is 4. The van der Waals surface area contributed by atoms with Crippen LogP contribution in [-0.4, -0.2) is 94.1 Å². The van der Waals surface area contributed by atoms with E-state index >= 15 is 0 Å². The molecule has 1 aromatic rings. The number of nitrogens with one attached hydrogen (secondary N) is 1. The molecule has 0 aromatic heterocycles. The minimum Gasteiger partial charge on any atom is -0.508 e. The number of benzene rings is 1. The molecule has 4 rings (SSSR count). The van der Waals surface area contributed by atoms with Crippen molar-refractivity contribution in [2.45, 2.75) is 38.3 Å². The monoisotopic (exact) mass is 557 g/mol. The van der Waals surface area contributed by atoms with E-state index in [0.717, 1.165) is 0 Å². The van der Waals surface area contributed by atoms with Crippen LogP contribution >= 0.6 is 0 Å². The summed E-state index contributed by atoms with van der Waals surface area (Å²) in [4.78, 5) is 54.9. The molecule has 0 aliphatic heterocycles. The van der Waals surface area contributed by atoms with Crippen LogP contribution in [0.25, 0.3) is 5.76 Å². The number of fused-ring (bicyclic) bond motifs is 3. The average molecular weight is 558 g/mol. The molecule has 1 saturated carbocycles. The van der Waals surface area contributed by atoms with E-state index in [1.165, 1.54) is 4.90 Å². The summed E-state index contributed by atoms with van der Waals surface area (Å²) in [6, 6.07) is 0.413. The number of aliphatic hydroxyl groups excluding tert-OH is 2. The average Bonchev–Trinajstić information content (AvgIpc) is 2.88. The second-order valence-corrected chi connectivity index (χ2v) is 10.5. The number of nitrogens with zero attached hydrogens (tertiary/aromatic N) is 2. The van der Waals surface area contributed by atoms with Crippen LogP contribution in [0.1, 0.15) is 31.4 Å². The maximum Gasteiger partial charge on any atom is 0.255 e. The van der Waals surface area contributed by atoms with Crippen molar-refractivity contribution in [3.8, 4) is 5.75 Å². The zero-order chi connectivity index (χ0) is 29.8. The number of hydrogen-bond acceptors (Lipinski definition) is 11. The van der Waals surface area contributed by atoms with Gasteiger partial charge in [-0.2, -0.15) is 0 Å². The molecule has 13 heteroatoms. The quantitative estimate of drug-likeness (QED) is 0.170. The van der Waals surface area contributed by atoms with Gasteiger partial charge in [-0.1, -0.05) is 0 Å². The van der Waals surface area contributed by atoms with Crippen molar-refractivity contribution in [2.24, 2.45) is 23.3 Å². The van der Waals surface area contributed by atoms with E-state index in [0.29, 0.717) is 24.3 Å². The van der Waals surface area contributed by atoms with E-state index in [2.05, 4.69) is 5.32 Å². The number of hydrogen-bond donors (Lipinski definition) is 7. The zero-order valence-electron chi connectivity index (χ0n) is 22.8. The van der Waals surface area contributed by atoms with Gasteiger partial charge in [0.15, 0.2) is 11.4 Å². The van der Waals surface area contributed by atoms with E-state index < -0.39 is 69.7 Å². The molecule has 0 heterocycles. The highest BCUT2D eigenvalue weighted by atomic mass is 16.3. The standard InChI is InChI=1S/C27H35N5O8/c1-5-32(6-2)15-9-14(30-16(33)10-28)21(34)18-12(15)7-11-8-13-20(31(3)4)23(36)19(26(29)39)25(38)27(13,40)24(37)17(11)22(18)35/h9,11,13,20,34-35,38,40H,5-8,10,28H2,1-4H3,(H2,29,39)(H,30,33)/t11?,13?,20-,27-/m0/s1. The largest absolute Gasteiger partial charge is 0.508 e. The van der Waals surface area contributed by atoms with Crippen LogP contribution in [0.2, 0.25) is 0 Å². The Morgan fingerprint density at radius 3 is 2.30 bits per heavy atom. The summed E-state index contributed by atoms with van der Waals surface area (Å²) in [5.41, 5.74) is 7.90. The second-order valence-electron chi connectivity index (χ2n) is 10.5. The molecular formula is C27H35N5O8. The van der Waals surface area contributed by atoms with Gasteiger partial charge in [0.1, 0.15) is 22.8 Å². The Hall–Kier alpha value is -3.94. The number of primary amides is 1. The maximum atomic E-state index is 14.0. The van der Waals surface area contributed by atoms with Crippen LogP contribution in [0.3, 0.4) is 0 Å². The lowest BCUT2D eigenvalue weighted by atomic mass is 9.57. The lowest BCUT2D eigenvalue weighted by molar-refractivity contribution is -0.153. The fraction of sp³-hybridized carbons (Fsp3) is 0.481. The number of rotatable bonds is 7. The number of phenols is 1. The fourth-order valence-electron chi connectivity index (χ4n) is 6.43. The molecule has 9 N–H and O–H groups in total. The van der Waals surface area contributed by atoms with Crippen molar-refractivity contribution in [1.29, 1.82) is 0 Å². The van der Waals surface area contributed by atoms with Crippen molar-refractivity contribution in [3.63, 3.8) is 0 Å². The molecule has 1 fully saturated rings. The summed E-state index contributed by atoms with van der Waals surface area (Å²) < 4.78 is 0. The first-order valence-electron chi connectivity index (χ1n) is 13.0. The first-order chi connectivity index (χ1) is 18.8. The van der Waals surface area contributed by atoms with Crippen molar-refractivity contribution in [2.75, 3.05) is 43.9 Å². The fourth-order valence-corrected chi connectivity index (χ4v) is 6.43. The van der Waals surface area contributed by atoms with Gasteiger partial charge in [0.2, 0.25) is 11.7 Å². The molecule has 0 radical (unpaired) electrons. The van der Waals surface area contributed by atoms with Crippen LogP contribution < -0.4 is 21.7 Å². The van der Waals surface area contributed by atoms with Gasteiger partial charge in [-0.15, -0.1) is 0 Å². The number of Topliss-reactive ketones (excluding diaryl/α,β-unsaturated/α-hetero) is 2. The molecule has 4 atom stereocenters. The minimum atomic E-state index is -2.73. The number of carbonyl (C=O) groups excluding carboxylic acids is 4. The molecule has 3 aliphatic carbocycles. The summed E-state index contributed by atoms with van der Waals surface area (Å²) in [7, 11) is 3.09. The molecule has 1 aromatic carbocycles. The van der Waals surface area contributed by atoms with Crippen LogP contribution in [0.4, 0.5) is 11.4 Å². The molecular weight excluding hydrogens is 522 g/mol. The summed E-state index contributed by atoms with van der Waals surface area (Å²) in [5.74, 6) is -7.97. The Morgan fingerprint density at radius 2 is 1.77 bits per heavy atom. The van der Waals surface area contributed by atoms with Gasteiger partial charge in [0, 0.05) is 30.3 Å². The van der Waals surface area contributed by atoms with E-state index in [4.69, 9.17) is 11.5 Å². The van der Waals surface area contributed by atoms with Crippen molar-refractivity contribution in [1.82, 2.24) is 4.90 Å². The van der Waals surface area contributed by atoms with Crippen molar-refractivity contribution >= 4 is 40.5 Å². The molecule has 0 bridgehead atoms. The molecule has 0 saturated heterocycles. The third-order valence-electron chi connectivity index (χ3n) is 8.26. The molecule has 2 amide bonds. The second kappa shape index (κ2) is 10.2. The number of ketones is 2. The highest BCUT2D eigenvalue weighted by Crippen LogP contribution is 2.54. The van der Waals surface area contributed by atoms with Gasteiger partial charge in [-0.05, 0) is 58.3 Å². The smallest absolute Gasteiger partial charge is 0.255 e. The van der Waals surface area contributed by atoms with Crippen molar-refractivity contribution < 1.29 is 39.6 Å². The number of phenolic OH excluding ortho intramolecular Hbond substituents is 1. The maximum absolute atomic E-state index is 14.0. The lowest BCUT2D eigenvalue weighted by Crippen LogP contribution is -2.65. The first kappa shape index (κ1) is 29.1. The summed E-state index contributed by atoms with van der Waals surface area (Å²) in [5, 5.41) is 47.9. The van der Waals surface area contributed by atoms with Gasteiger partial charge in [0.25, 0.3) is 5.91 Å². The van der Waals surface area contributed by atoms with Crippen molar-refractivity contribution in [3.05, 3.63) is 34.1 Å². The highest BCUT2D eigenvalue weighted by Gasteiger charge is 2.64. The van der Waals surface area contributed by atoms with Gasteiger partial charge >= 0.3 is 0 Å². The summed E-state index contributed by atoms with van der Waals surface area (Å²) >= 11 is 0. The SMILES string of the molecule is CCN(CC)c1cc(NC(=O)CN)c(O)c2c1CC1CC3[C@H](N(C)C)C(=O)C(C(N)=O)=C(O)[C@@]3(O)C(=O)C1=C2O. The molecule has 40 heavy (non-hydrogen) atoms. The predicted octanol–water partition coefficient (Wildman–Crippen LogP) is -0.293. The number of aromatic hydroxyl groups is 1. The predicted molar refractivity (Wildman–Crippen MR) is 145 cm³/mol.